The Hall–Kier alpha value is -3.63. The van der Waals surface area contributed by atoms with Crippen LogP contribution in [0.2, 0.25) is 0 Å². The molecule has 2 amide bonds. The summed E-state index contributed by atoms with van der Waals surface area (Å²) in [5, 5.41) is 17.3. The van der Waals surface area contributed by atoms with Crippen LogP contribution in [0.4, 0.5) is 4.79 Å². The smallest absolute Gasteiger partial charge is 0.408 e. The fourth-order valence-electron chi connectivity index (χ4n) is 4.05. The molecule has 37 heavy (non-hydrogen) atoms. The second kappa shape index (κ2) is 13.1. The molecule has 0 spiro atoms. The molecule has 0 aliphatic rings. The van der Waals surface area contributed by atoms with Crippen LogP contribution in [0, 0.1) is 0 Å². The van der Waals surface area contributed by atoms with Crippen LogP contribution in [0.5, 0.6) is 0 Å². The number of nitrogens with one attached hydrogen (secondary N) is 2. The number of hydrogen-bond donors (Lipinski definition) is 3. The van der Waals surface area contributed by atoms with Crippen molar-refractivity contribution >= 4 is 28.9 Å². The van der Waals surface area contributed by atoms with E-state index in [-0.39, 0.29) is 19.9 Å². The van der Waals surface area contributed by atoms with Crippen LogP contribution in [0.25, 0.3) is 10.9 Å². The molecule has 0 saturated heterocycles. The Kier molecular flexibility index (Phi) is 10.5. The van der Waals surface area contributed by atoms with E-state index >= 15 is 0 Å². The standard InChI is InChI=1S/C27H37N3O7/c1-8-15-37-26(34)28-17(4)24(32)29-21(25(33)36-10-3)22(31)20-18-13-11-12-14-19(18)30(16-35-7)23(20)27(5,6)9-2/h8-9,11-14,17,21-22,31H,1-2,10,15-16H2,3-7H3,(H,28,34)(H,29,32)/t17-,21?,22?/m0/s1. The maximum Gasteiger partial charge on any atom is 0.408 e. The molecule has 0 saturated carbocycles. The Bertz CT molecular complexity index is 1140. The summed E-state index contributed by atoms with van der Waals surface area (Å²) in [6, 6.07) is 4.85. The molecule has 0 aliphatic heterocycles. The number of hydrogen-bond acceptors (Lipinski definition) is 7. The molecule has 10 heteroatoms. The summed E-state index contributed by atoms with van der Waals surface area (Å²) in [6.45, 7) is 14.5. The van der Waals surface area contributed by atoms with Gasteiger partial charge in [-0.15, -0.1) is 6.58 Å². The number of fused-ring (bicyclic) bond motifs is 1. The lowest BCUT2D eigenvalue weighted by atomic mass is 9.83. The maximum atomic E-state index is 13.0. The highest BCUT2D eigenvalue weighted by atomic mass is 16.5. The van der Waals surface area contributed by atoms with Crippen molar-refractivity contribution in [1.82, 2.24) is 15.2 Å². The number of alkyl carbamates (subject to hydrolysis) is 1. The summed E-state index contributed by atoms with van der Waals surface area (Å²) in [4.78, 5) is 37.8. The van der Waals surface area contributed by atoms with Gasteiger partial charge in [0.05, 0.1) is 12.1 Å². The molecular weight excluding hydrogens is 478 g/mol. The quantitative estimate of drug-likeness (QED) is 0.276. The first kappa shape index (κ1) is 29.6. The summed E-state index contributed by atoms with van der Waals surface area (Å²) in [5.41, 5.74) is 1.22. The first-order valence-electron chi connectivity index (χ1n) is 12.0. The lowest BCUT2D eigenvalue weighted by Gasteiger charge is -2.29. The van der Waals surface area contributed by atoms with Gasteiger partial charge in [-0.2, -0.15) is 0 Å². The maximum absolute atomic E-state index is 13.0. The van der Waals surface area contributed by atoms with Crippen LogP contribution >= 0.6 is 0 Å². The molecule has 0 bridgehead atoms. The SMILES string of the molecule is C=CCOC(=O)N[C@@H](C)C(=O)NC(C(=O)OCC)C(O)c1c(C(C)(C)C=C)n(COC)c2ccccc12. The number of rotatable bonds is 13. The summed E-state index contributed by atoms with van der Waals surface area (Å²) in [5.74, 6) is -1.53. The molecule has 2 aromatic rings. The van der Waals surface area contributed by atoms with Gasteiger partial charge in [0.25, 0.3) is 0 Å². The normalized spacial score (nSPS) is 13.8. The molecule has 0 aliphatic carbocycles. The highest BCUT2D eigenvalue weighted by Crippen LogP contribution is 2.40. The number of aromatic nitrogens is 1. The topological polar surface area (TPSA) is 128 Å². The molecule has 0 radical (unpaired) electrons. The molecule has 0 fully saturated rings. The van der Waals surface area contributed by atoms with E-state index in [0.717, 1.165) is 5.52 Å². The van der Waals surface area contributed by atoms with Crippen LogP contribution in [-0.2, 0) is 35.9 Å². The molecule has 202 valence electrons. The van der Waals surface area contributed by atoms with E-state index in [1.165, 1.54) is 13.0 Å². The van der Waals surface area contributed by atoms with Gasteiger partial charge < -0.3 is 34.5 Å². The van der Waals surface area contributed by atoms with Crippen molar-refractivity contribution in [3.63, 3.8) is 0 Å². The highest BCUT2D eigenvalue weighted by Gasteiger charge is 2.39. The number of nitrogens with zero attached hydrogens (tertiary/aromatic N) is 1. The first-order chi connectivity index (χ1) is 17.5. The van der Waals surface area contributed by atoms with Crippen molar-refractivity contribution in [2.45, 2.75) is 58.0 Å². The average molecular weight is 516 g/mol. The molecule has 10 nitrogen and oxygen atoms in total. The summed E-state index contributed by atoms with van der Waals surface area (Å²) < 4.78 is 17.4. The number of aliphatic hydroxyl groups is 1. The molecule has 1 aromatic heterocycles. The minimum absolute atomic E-state index is 0.0300. The zero-order chi connectivity index (χ0) is 27.8. The Labute approximate surface area is 217 Å². The predicted octanol–water partition coefficient (Wildman–Crippen LogP) is 3.09. The Morgan fingerprint density at radius 2 is 1.84 bits per heavy atom. The van der Waals surface area contributed by atoms with Crippen molar-refractivity contribution in [1.29, 1.82) is 0 Å². The minimum Gasteiger partial charge on any atom is -0.464 e. The predicted molar refractivity (Wildman–Crippen MR) is 140 cm³/mol. The third-order valence-electron chi connectivity index (χ3n) is 5.90. The number of carbonyl (C=O) groups excluding carboxylic acids is 3. The second-order valence-electron chi connectivity index (χ2n) is 8.99. The second-order valence-corrected chi connectivity index (χ2v) is 8.99. The van der Waals surface area contributed by atoms with Gasteiger partial charge in [0.15, 0.2) is 6.04 Å². The number of esters is 1. The summed E-state index contributed by atoms with van der Waals surface area (Å²) in [6.07, 6.45) is 0.802. The number of methoxy groups -OCH3 is 1. The van der Waals surface area contributed by atoms with Crippen molar-refractivity contribution in [3.8, 4) is 0 Å². The number of ether oxygens (including phenoxy) is 3. The number of allylic oxidation sites excluding steroid dienone is 1. The molecule has 1 heterocycles. The van der Waals surface area contributed by atoms with E-state index in [9.17, 15) is 19.5 Å². The molecular formula is C27H37N3O7. The van der Waals surface area contributed by atoms with E-state index < -0.39 is 41.6 Å². The third kappa shape index (κ3) is 6.78. The molecule has 2 unspecified atom stereocenters. The molecule has 1 aromatic carbocycles. The third-order valence-corrected chi connectivity index (χ3v) is 5.90. The molecule has 2 rings (SSSR count). The van der Waals surface area contributed by atoms with Crippen LogP contribution < -0.4 is 10.6 Å². The fourth-order valence-corrected chi connectivity index (χ4v) is 4.05. The van der Waals surface area contributed by atoms with Gasteiger partial charge in [0, 0.05) is 29.2 Å². The number of para-hydroxylation sites is 1. The van der Waals surface area contributed by atoms with Gasteiger partial charge in [-0.25, -0.2) is 9.59 Å². The number of aliphatic hydroxyl groups excluding tert-OH is 1. The first-order valence-corrected chi connectivity index (χ1v) is 12.0. The Morgan fingerprint density at radius 1 is 1.16 bits per heavy atom. The van der Waals surface area contributed by atoms with Gasteiger partial charge in [-0.05, 0) is 19.9 Å². The van der Waals surface area contributed by atoms with Crippen molar-refractivity contribution < 1.29 is 33.7 Å². The van der Waals surface area contributed by atoms with Crippen molar-refractivity contribution in [2.24, 2.45) is 0 Å². The Morgan fingerprint density at radius 3 is 2.43 bits per heavy atom. The van der Waals surface area contributed by atoms with E-state index in [0.29, 0.717) is 16.6 Å². The Balaban J connectivity index is 2.58. The van der Waals surface area contributed by atoms with E-state index in [1.54, 1.807) is 20.1 Å². The number of benzene rings is 1. The van der Waals surface area contributed by atoms with Crippen LogP contribution in [-0.4, -0.2) is 60.1 Å². The largest absolute Gasteiger partial charge is 0.464 e. The van der Waals surface area contributed by atoms with Gasteiger partial charge in [-0.1, -0.05) is 50.8 Å². The average Bonchev–Trinajstić information content (AvgIpc) is 3.20. The van der Waals surface area contributed by atoms with Crippen molar-refractivity contribution in [3.05, 3.63) is 60.8 Å². The number of carbonyl (C=O) groups is 3. The van der Waals surface area contributed by atoms with Crippen molar-refractivity contribution in [2.75, 3.05) is 20.3 Å². The van der Waals surface area contributed by atoms with E-state index in [4.69, 9.17) is 14.2 Å². The minimum atomic E-state index is -1.50. The molecule has 3 N–H and O–H groups in total. The lowest BCUT2D eigenvalue weighted by molar-refractivity contribution is -0.151. The van der Waals surface area contributed by atoms with Gasteiger partial charge in [-0.3, -0.25) is 4.79 Å². The van der Waals surface area contributed by atoms with Gasteiger partial charge in [0.1, 0.15) is 25.5 Å². The summed E-state index contributed by atoms with van der Waals surface area (Å²) in [7, 11) is 1.56. The van der Waals surface area contributed by atoms with Crippen LogP contribution in [0.1, 0.15) is 45.1 Å². The zero-order valence-corrected chi connectivity index (χ0v) is 22.1. The van der Waals surface area contributed by atoms with E-state index in [2.05, 4.69) is 23.8 Å². The fraction of sp³-hybridized carbons (Fsp3) is 0.444. The molecule has 3 atom stereocenters. The highest BCUT2D eigenvalue weighted by molar-refractivity contribution is 5.92. The van der Waals surface area contributed by atoms with Crippen LogP contribution in [0.3, 0.4) is 0 Å². The van der Waals surface area contributed by atoms with Gasteiger partial charge >= 0.3 is 12.1 Å². The van der Waals surface area contributed by atoms with E-state index in [1.807, 2.05) is 42.7 Å². The number of amides is 2. The van der Waals surface area contributed by atoms with Crippen LogP contribution in [0.15, 0.2) is 49.6 Å². The zero-order valence-electron chi connectivity index (χ0n) is 22.1. The van der Waals surface area contributed by atoms with Gasteiger partial charge in [0.2, 0.25) is 5.91 Å². The summed E-state index contributed by atoms with van der Waals surface area (Å²) >= 11 is 0. The lowest BCUT2D eigenvalue weighted by Crippen LogP contribution is -2.53. The monoisotopic (exact) mass is 515 g/mol.